The number of nitrogens with one attached hydrogen (secondary N) is 2. The topological polar surface area (TPSA) is 97.1 Å². The summed E-state index contributed by atoms with van der Waals surface area (Å²) < 4.78 is 3.18. The van der Waals surface area contributed by atoms with Gasteiger partial charge in [-0.05, 0) is 25.0 Å². The van der Waals surface area contributed by atoms with Crippen LogP contribution in [-0.4, -0.2) is 24.8 Å². The lowest BCUT2D eigenvalue weighted by Gasteiger charge is -2.08. The molecule has 3 rings (SSSR count). The van der Waals surface area contributed by atoms with Gasteiger partial charge in [0.1, 0.15) is 0 Å². The number of fused-ring (bicyclic) bond motifs is 1. The van der Waals surface area contributed by atoms with Crippen LogP contribution in [-0.2, 0) is 13.6 Å². The van der Waals surface area contributed by atoms with Gasteiger partial charge in [-0.15, -0.1) is 0 Å². The third-order valence-electron chi connectivity index (χ3n) is 5.39. The minimum atomic E-state index is -0.483. The molecule has 0 amide bonds. The van der Waals surface area contributed by atoms with E-state index < -0.39 is 11.2 Å². The molecule has 8 nitrogen and oxygen atoms in total. The van der Waals surface area contributed by atoms with Crippen molar-refractivity contribution in [3.05, 3.63) is 62.8 Å². The summed E-state index contributed by atoms with van der Waals surface area (Å²) in [5.41, 5.74) is 4.65. The molecule has 2 N–H and O–H groups in total. The number of aromatic nitrogens is 4. The molecule has 0 fully saturated rings. The zero-order chi connectivity index (χ0) is 22.9. The van der Waals surface area contributed by atoms with E-state index in [0.29, 0.717) is 23.7 Å². The average Bonchev–Trinajstić information content (AvgIpc) is 3.17. The van der Waals surface area contributed by atoms with Crippen molar-refractivity contribution in [2.24, 2.45) is 12.1 Å². The molecule has 0 aliphatic heterocycles. The van der Waals surface area contributed by atoms with Crippen molar-refractivity contribution in [2.45, 2.75) is 58.9 Å². The lowest BCUT2D eigenvalue weighted by molar-refractivity contribution is 0.565. The van der Waals surface area contributed by atoms with E-state index in [1.54, 1.807) is 7.05 Å². The van der Waals surface area contributed by atoms with Crippen molar-refractivity contribution < 1.29 is 0 Å². The molecule has 170 valence electrons. The van der Waals surface area contributed by atoms with Gasteiger partial charge in [0.15, 0.2) is 11.2 Å². The first kappa shape index (κ1) is 23.2. The number of benzene rings is 1. The fourth-order valence-electron chi connectivity index (χ4n) is 3.54. The number of H-pyrrole nitrogens is 1. The number of anilines is 1. The first-order chi connectivity index (χ1) is 15.5. The van der Waals surface area contributed by atoms with Crippen LogP contribution in [0.5, 0.6) is 0 Å². The number of hydrazone groups is 1. The van der Waals surface area contributed by atoms with E-state index in [4.69, 9.17) is 0 Å². The Labute approximate surface area is 187 Å². The smallest absolute Gasteiger partial charge is 0.303 e. The van der Waals surface area contributed by atoms with Crippen LogP contribution in [0.1, 0.15) is 57.9 Å². The van der Waals surface area contributed by atoms with Crippen molar-refractivity contribution in [3.63, 3.8) is 0 Å². The van der Waals surface area contributed by atoms with Crippen molar-refractivity contribution >= 4 is 28.9 Å². The van der Waals surface area contributed by atoms with Gasteiger partial charge >= 0.3 is 5.69 Å². The minimum absolute atomic E-state index is 0.347. The molecule has 0 radical (unpaired) electrons. The first-order valence-corrected chi connectivity index (χ1v) is 11.2. The fourth-order valence-corrected chi connectivity index (χ4v) is 3.54. The second-order valence-electron chi connectivity index (χ2n) is 7.95. The standard InChI is InChI=1S/C24H32N6O2/c1-4-5-6-7-8-12-17-30-20-21(29(3)24(32)26-22(20)31)25-23(30)28-27-18(2)15-16-19-13-10-9-11-14-19/h9-11,13-16H,4-8,12,17H2,1-3H3,(H,25,28)(H,26,31,32)/b16-15-,27-18-. The van der Waals surface area contributed by atoms with E-state index in [-0.39, 0.29) is 0 Å². The van der Waals surface area contributed by atoms with Gasteiger partial charge in [-0.2, -0.15) is 10.1 Å². The third-order valence-corrected chi connectivity index (χ3v) is 5.39. The number of allylic oxidation sites excluding steroid dienone is 1. The molecule has 8 heteroatoms. The van der Waals surface area contributed by atoms with Crippen LogP contribution in [0.2, 0.25) is 0 Å². The Balaban J connectivity index is 1.83. The van der Waals surface area contributed by atoms with Gasteiger partial charge in [0.05, 0.1) is 5.71 Å². The Kier molecular flexibility index (Phi) is 8.19. The number of aromatic amines is 1. The van der Waals surface area contributed by atoms with Crippen molar-refractivity contribution in [1.29, 1.82) is 0 Å². The summed E-state index contributed by atoms with van der Waals surface area (Å²) in [6.45, 7) is 4.71. The highest BCUT2D eigenvalue weighted by Crippen LogP contribution is 2.17. The molecule has 0 saturated heterocycles. The Morgan fingerprint density at radius 3 is 2.59 bits per heavy atom. The molecule has 0 atom stereocenters. The molecule has 0 saturated carbocycles. The van der Waals surface area contributed by atoms with Gasteiger partial charge in [-0.1, -0.05) is 75.4 Å². The number of hydrogen-bond acceptors (Lipinski definition) is 5. The molecule has 2 aromatic heterocycles. The lowest BCUT2D eigenvalue weighted by Crippen LogP contribution is -2.29. The van der Waals surface area contributed by atoms with E-state index in [1.807, 2.05) is 54.0 Å². The molecule has 3 aromatic rings. The summed E-state index contributed by atoms with van der Waals surface area (Å²) in [4.78, 5) is 31.5. The highest BCUT2D eigenvalue weighted by atomic mass is 16.2. The summed E-state index contributed by atoms with van der Waals surface area (Å²) >= 11 is 0. The maximum atomic E-state index is 12.6. The summed E-state index contributed by atoms with van der Waals surface area (Å²) in [5.74, 6) is 0.452. The normalized spacial score (nSPS) is 12.2. The predicted molar refractivity (Wildman–Crippen MR) is 131 cm³/mol. The van der Waals surface area contributed by atoms with Crippen LogP contribution in [0.25, 0.3) is 17.2 Å². The van der Waals surface area contributed by atoms with Crippen LogP contribution < -0.4 is 16.7 Å². The lowest BCUT2D eigenvalue weighted by atomic mass is 10.1. The molecule has 0 aliphatic rings. The molecule has 2 heterocycles. The van der Waals surface area contributed by atoms with Gasteiger partial charge in [0.2, 0.25) is 5.95 Å². The van der Waals surface area contributed by atoms with E-state index in [9.17, 15) is 9.59 Å². The Morgan fingerprint density at radius 2 is 1.84 bits per heavy atom. The Hall–Kier alpha value is -3.42. The molecular weight excluding hydrogens is 404 g/mol. The highest BCUT2D eigenvalue weighted by molar-refractivity contribution is 5.96. The van der Waals surface area contributed by atoms with Crippen LogP contribution >= 0.6 is 0 Å². The second-order valence-corrected chi connectivity index (χ2v) is 7.95. The van der Waals surface area contributed by atoms with E-state index in [2.05, 4.69) is 27.4 Å². The molecule has 1 aromatic carbocycles. The SMILES string of the molecule is CCCCCCCCn1c(N/N=C(C)\C=C/c2ccccc2)nc2c1c(=O)[nH]c(=O)n2C. The van der Waals surface area contributed by atoms with Crippen LogP contribution in [0.15, 0.2) is 51.1 Å². The number of imidazole rings is 1. The van der Waals surface area contributed by atoms with Gasteiger partial charge in [-0.25, -0.2) is 10.2 Å². The van der Waals surface area contributed by atoms with Crippen LogP contribution in [0, 0.1) is 0 Å². The van der Waals surface area contributed by atoms with Gasteiger partial charge < -0.3 is 4.57 Å². The maximum absolute atomic E-state index is 12.6. The van der Waals surface area contributed by atoms with Gasteiger partial charge in [-0.3, -0.25) is 14.3 Å². The summed E-state index contributed by atoms with van der Waals surface area (Å²) in [6, 6.07) is 9.98. The summed E-state index contributed by atoms with van der Waals surface area (Å²) in [6.07, 6.45) is 10.7. The minimum Gasteiger partial charge on any atom is -0.303 e. The molecule has 32 heavy (non-hydrogen) atoms. The fraction of sp³-hybridized carbons (Fsp3) is 0.417. The third kappa shape index (κ3) is 5.84. The van der Waals surface area contributed by atoms with Gasteiger partial charge in [0.25, 0.3) is 5.56 Å². The van der Waals surface area contributed by atoms with Gasteiger partial charge in [0, 0.05) is 13.6 Å². The molecule has 0 bridgehead atoms. The number of rotatable bonds is 11. The summed E-state index contributed by atoms with van der Waals surface area (Å²) in [7, 11) is 1.60. The second kappa shape index (κ2) is 11.3. The zero-order valence-electron chi connectivity index (χ0n) is 19.1. The van der Waals surface area contributed by atoms with E-state index in [0.717, 1.165) is 24.1 Å². The Morgan fingerprint density at radius 1 is 1.12 bits per heavy atom. The quantitative estimate of drug-likeness (QED) is 0.266. The first-order valence-electron chi connectivity index (χ1n) is 11.2. The highest BCUT2D eigenvalue weighted by Gasteiger charge is 2.17. The predicted octanol–water partition coefficient (Wildman–Crippen LogP) is 4.29. The number of hydrogen-bond donors (Lipinski definition) is 2. The Bertz CT molecular complexity index is 1200. The van der Waals surface area contributed by atoms with Crippen LogP contribution in [0.4, 0.5) is 5.95 Å². The largest absolute Gasteiger partial charge is 0.329 e. The van der Waals surface area contributed by atoms with E-state index >= 15 is 0 Å². The number of nitrogens with zero attached hydrogens (tertiary/aromatic N) is 4. The van der Waals surface area contributed by atoms with Crippen LogP contribution in [0.3, 0.4) is 0 Å². The van der Waals surface area contributed by atoms with Crippen molar-refractivity contribution in [3.8, 4) is 0 Å². The monoisotopic (exact) mass is 436 g/mol. The van der Waals surface area contributed by atoms with Crippen molar-refractivity contribution in [1.82, 2.24) is 19.1 Å². The maximum Gasteiger partial charge on any atom is 0.329 e. The number of aryl methyl sites for hydroxylation is 2. The zero-order valence-corrected chi connectivity index (χ0v) is 19.1. The molecule has 0 unspecified atom stereocenters. The summed E-state index contributed by atoms with van der Waals surface area (Å²) in [5, 5.41) is 4.41. The molecule has 0 spiro atoms. The average molecular weight is 437 g/mol. The van der Waals surface area contributed by atoms with Crippen molar-refractivity contribution in [2.75, 3.05) is 5.43 Å². The van der Waals surface area contributed by atoms with E-state index in [1.165, 1.54) is 30.3 Å². The molecule has 0 aliphatic carbocycles. The molecular formula is C24H32N6O2. The number of unbranched alkanes of at least 4 members (excludes halogenated alkanes) is 5.